The van der Waals surface area contributed by atoms with Gasteiger partial charge >= 0.3 is 5.97 Å². The fourth-order valence-corrected chi connectivity index (χ4v) is 4.47. The summed E-state index contributed by atoms with van der Waals surface area (Å²) in [5.74, 6) is -0.0423. The molecule has 1 atom stereocenters. The van der Waals surface area contributed by atoms with Crippen LogP contribution < -0.4 is 10.1 Å². The van der Waals surface area contributed by atoms with Gasteiger partial charge in [0.2, 0.25) is 0 Å². The molecule has 0 spiro atoms. The van der Waals surface area contributed by atoms with Gasteiger partial charge in [-0.2, -0.15) is 0 Å². The molecule has 0 amide bonds. The molecular weight excluding hydrogens is 446 g/mol. The van der Waals surface area contributed by atoms with Crippen LogP contribution in [-0.2, 0) is 6.54 Å². The van der Waals surface area contributed by atoms with Gasteiger partial charge in [0.05, 0.1) is 12.7 Å². The fourth-order valence-electron chi connectivity index (χ4n) is 4.47. The third-order valence-electron chi connectivity index (χ3n) is 6.31. The van der Waals surface area contributed by atoms with Gasteiger partial charge in [-0.25, -0.2) is 4.79 Å². The molecule has 0 heterocycles. The minimum Gasteiger partial charge on any atom is -0.497 e. The summed E-state index contributed by atoms with van der Waals surface area (Å²) in [6.07, 6.45) is 0. The number of methoxy groups -OCH3 is 1. The van der Waals surface area contributed by atoms with E-state index in [1.54, 1.807) is 7.11 Å². The third kappa shape index (κ3) is 5.09. The summed E-state index contributed by atoms with van der Waals surface area (Å²) in [5.41, 5.74) is 6.27. The quantitative estimate of drug-likeness (QED) is 0.299. The van der Waals surface area contributed by atoms with Crippen molar-refractivity contribution in [3.63, 3.8) is 0 Å². The molecule has 0 saturated heterocycles. The van der Waals surface area contributed by atoms with Crippen molar-refractivity contribution in [3.8, 4) is 16.9 Å². The third-order valence-corrected chi connectivity index (χ3v) is 6.31. The highest BCUT2D eigenvalue weighted by molar-refractivity contribution is 6.00. The van der Waals surface area contributed by atoms with Crippen molar-refractivity contribution in [3.05, 3.63) is 101 Å². The number of rotatable bonds is 7. The van der Waals surface area contributed by atoms with E-state index in [4.69, 9.17) is 4.74 Å². The molecule has 34 heavy (non-hydrogen) atoms. The Kier molecular flexibility index (Phi) is 7.98. The van der Waals surface area contributed by atoms with E-state index in [-0.39, 0.29) is 18.4 Å². The van der Waals surface area contributed by atoms with Crippen molar-refractivity contribution in [1.29, 1.82) is 0 Å². The van der Waals surface area contributed by atoms with Gasteiger partial charge in [0.15, 0.2) is 0 Å². The molecule has 1 unspecified atom stereocenters. The summed E-state index contributed by atoms with van der Waals surface area (Å²) in [6.45, 7) is 6.57. The Bertz CT molecular complexity index is 1330. The highest BCUT2D eigenvalue weighted by Crippen LogP contribution is 2.34. The number of halogens is 1. The first-order valence-electron chi connectivity index (χ1n) is 11.1. The molecule has 0 aromatic heterocycles. The van der Waals surface area contributed by atoms with E-state index in [1.807, 2.05) is 56.3 Å². The summed E-state index contributed by atoms with van der Waals surface area (Å²) in [4.78, 5) is 11.9. The summed E-state index contributed by atoms with van der Waals surface area (Å²) >= 11 is 0. The smallest absolute Gasteiger partial charge is 0.336 e. The maximum atomic E-state index is 11.9. The summed E-state index contributed by atoms with van der Waals surface area (Å²) < 4.78 is 5.36. The van der Waals surface area contributed by atoms with Gasteiger partial charge in [-0.15, -0.1) is 12.4 Å². The van der Waals surface area contributed by atoms with Crippen LogP contribution in [0.4, 0.5) is 0 Å². The second-order valence-corrected chi connectivity index (χ2v) is 8.48. The van der Waals surface area contributed by atoms with E-state index in [2.05, 4.69) is 42.6 Å². The number of carboxylic acids is 1. The number of carboxylic acid groups (broad SMARTS) is 1. The monoisotopic (exact) mass is 475 g/mol. The van der Waals surface area contributed by atoms with Crippen LogP contribution in [0, 0.1) is 13.8 Å². The largest absolute Gasteiger partial charge is 0.497 e. The molecule has 0 fully saturated rings. The summed E-state index contributed by atoms with van der Waals surface area (Å²) in [6, 6.07) is 24.8. The molecule has 2 N–H and O–H groups in total. The fraction of sp³-hybridized carbons (Fsp3) is 0.207. The van der Waals surface area contributed by atoms with Crippen molar-refractivity contribution >= 4 is 29.1 Å². The first kappa shape index (κ1) is 25.3. The van der Waals surface area contributed by atoms with Gasteiger partial charge < -0.3 is 15.2 Å². The Morgan fingerprint density at radius 3 is 2.47 bits per heavy atom. The van der Waals surface area contributed by atoms with Crippen LogP contribution in [0.15, 0.2) is 72.8 Å². The number of hydrogen-bond donors (Lipinski definition) is 2. The number of aryl methyl sites for hydroxylation is 1. The minimum atomic E-state index is -0.888. The lowest BCUT2D eigenvalue weighted by atomic mass is 9.89. The van der Waals surface area contributed by atoms with Crippen molar-refractivity contribution in [2.24, 2.45) is 0 Å². The highest BCUT2D eigenvalue weighted by atomic mass is 35.5. The Labute approximate surface area is 207 Å². The number of hydrogen-bond acceptors (Lipinski definition) is 3. The van der Waals surface area contributed by atoms with E-state index in [0.717, 1.165) is 49.9 Å². The van der Waals surface area contributed by atoms with Crippen LogP contribution in [-0.4, -0.2) is 18.2 Å². The summed E-state index contributed by atoms with van der Waals surface area (Å²) in [7, 11) is 1.68. The topological polar surface area (TPSA) is 58.6 Å². The molecule has 0 aliphatic heterocycles. The number of benzene rings is 4. The normalized spacial score (nSPS) is 11.6. The zero-order valence-electron chi connectivity index (χ0n) is 19.9. The van der Waals surface area contributed by atoms with Crippen molar-refractivity contribution in [1.82, 2.24) is 5.32 Å². The molecule has 4 rings (SSSR count). The average molecular weight is 476 g/mol. The molecule has 0 radical (unpaired) electrons. The van der Waals surface area contributed by atoms with Gasteiger partial charge in [-0.05, 0) is 89.2 Å². The first-order valence-corrected chi connectivity index (χ1v) is 11.1. The molecule has 5 heteroatoms. The van der Waals surface area contributed by atoms with Crippen LogP contribution in [0.25, 0.3) is 21.9 Å². The van der Waals surface area contributed by atoms with Crippen LogP contribution in [0.5, 0.6) is 5.75 Å². The Balaban J connectivity index is 0.00000324. The molecule has 0 saturated carbocycles. The Hall–Kier alpha value is -3.34. The standard InChI is InChI=1S/C29H29NO3.ClH/c1-18-12-13-25(19(2)28(18)29(31)32)27-15-21(14-23-8-5-6-11-26(23)27)17-30-20(3)22-9-7-10-24(16-22)33-4;/h5-16,20,30H,17H2,1-4H3,(H,31,32);1H. The van der Waals surface area contributed by atoms with Gasteiger partial charge in [0.25, 0.3) is 0 Å². The molecule has 0 aliphatic carbocycles. The van der Waals surface area contributed by atoms with Crippen LogP contribution in [0.2, 0.25) is 0 Å². The molecule has 4 nitrogen and oxygen atoms in total. The van der Waals surface area contributed by atoms with Crippen LogP contribution in [0.1, 0.15) is 45.6 Å². The van der Waals surface area contributed by atoms with E-state index in [9.17, 15) is 9.90 Å². The lowest BCUT2D eigenvalue weighted by Gasteiger charge is -2.18. The van der Waals surface area contributed by atoms with E-state index >= 15 is 0 Å². The first-order chi connectivity index (χ1) is 15.9. The minimum absolute atomic E-state index is 0. The van der Waals surface area contributed by atoms with Crippen molar-refractivity contribution in [2.75, 3.05) is 7.11 Å². The van der Waals surface area contributed by atoms with E-state index in [1.165, 1.54) is 0 Å². The van der Waals surface area contributed by atoms with E-state index in [0.29, 0.717) is 12.1 Å². The number of aromatic carboxylic acids is 1. The Morgan fingerprint density at radius 2 is 1.74 bits per heavy atom. The number of nitrogens with one attached hydrogen (secondary N) is 1. The molecule has 176 valence electrons. The molecule has 0 aliphatic rings. The maximum Gasteiger partial charge on any atom is 0.336 e. The number of ether oxygens (including phenoxy) is 1. The highest BCUT2D eigenvalue weighted by Gasteiger charge is 2.17. The van der Waals surface area contributed by atoms with Crippen LogP contribution >= 0.6 is 12.4 Å². The predicted octanol–water partition coefficient (Wildman–Crippen LogP) is 7.10. The molecule has 4 aromatic rings. The molecule has 4 aromatic carbocycles. The van der Waals surface area contributed by atoms with Crippen molar-refractivity contribution in [2.45, 2.75) is 33.4 Å². The van der Waals surface area contributed by atoms with Gasteiger partial charge in [-0.1, -0.05) is 48.5 Å². The van der Waals surface area contributed by atoms with Gasteiger partial charge in [0.1, 0.15) is 5.75 Å². The predicted molar refractivity (Wildman–Crippen MR) is 141 cm³/mol. The summed E-state index contributed by atoms with van der Waals surface area (Å²) in [5, 5.41) is 15.6. The maximum absolute atomic E-state index is 11.9. The Morgan fingerprint density at radius 1 is 0.971 bits per heavy atom. The average Bonchev–Trinajstić information content (AvgIpc) is 2.82. The zero-order chi connectivity index (χ0) is 23.5. The molecular formula is C29H30ClNO3. The lowest BCUT2D eigenvalue weighted by molar-refractivity contribution is 0.0695. The van der Waals surface area contributed by atoms with Gasteiger partial charge in [0, 0.05) is 12.6 Å². The lowest BCUT2D eigenvalue weighted by Crippen LogP contribution is -2.18. The zero-order valence-corrected chi connectivity index (χ0v) is 20.7. The number of fused-ring (bicyclic) bond motifs is 1. The van der Waals surface area contributed by atoms with Crippen LogP contribution in [0.3, 0.4) is 0 Å². The number of carbonyl (C=O) groups is 1. The van der Waals surface area contributed by atoms with Gasteiger partial charge in [-0.3, -0.25) is 0 Å². The second-order valence-electron chi connectivity index (χ2n) is 8.48. The van der Waals surface area contributed by atoms with E-state index < -0.39 is 5.97 Å². The molecule has 0 bridgehead atoms. The second kappa shape index (κ2) is 10.7. The van der Waals surface area contributed by atoms with Crippen molar-refractivity contribution < 1.29 is 14.6 Å². The SMILES string of the molecule is COc1cccc(C(C)NCc2cc(-c3ccc(C)c(C(=O)O)c3C)c3ccccc3c2)c1.Cl.